The van der Waals surface area contributed by atoms with Crippen LogP contribution in [0, 0.1) is 5.41 Å². The maximum absolute atomic E-state index is 11.9. The third kappa shape index (κ3) is 2.21. The molecule has 19 heavy (non-hydrogen) atoms. The van der Waals surface area contributed by atoms with Gasteiger partial charge in [-0.1, -0.05) is 11.6 Å². The van der Waals surface area contributed by atoms with Gasteiger partial charge in [-0.05, 0) is 32.0 Å². The Hall–Kier alpha value is -1.88. The van der Waals surface area contributed by atoms with Crippen molar-refractivity contribution >= 4 is 34.9 Å². The summed E-state index contributed by atoms with van der Waals surface area (Å²) >= 11 is 5.79. The fourth-order valence-corrected chi connectivity index (χ4v) is 2.06. The third-order valence-electron chi connectivity index (χ3n) is 3.07. The number of carboxylic acid groups (broad SMARTS) is 1. The first-order valence-corrected chi connectivity index (χ1v) is 6.01. The summed E-state index contributed by atoms with van der Waals surface area (Å²) in [7, 11) is 0. The summed E-state index contributed by atoms with van der Waals surface area (Å²) in [5.74, 6) is -2.40. The van der Waals surface area contributed by atoms with Crippen molar-refractivity contribution in [3.8, 4) is 0 Å². The lowest BCUT2D eigenvalue weighted by Gasteiger charge is -2.26. The molecule has 6 heteroatoms. The van der Waals surface area contributed by atoms with Gasteiger partial charge in [0.15, 0.2) is 0 Å². The highest BCUT2D eigenvalue weighted by atomic mass is 35.5. The minimum Gasteiger partial charge on any atom is -0.481 e. The maximum atomic E-state index is 11.9. The van der Waals surface area contributed by atoms with Crippen molar-refractivity contribution in [1.82, 2.24) is 0 Å². The Morgan fingerprint density at radius 2 is 2.00 bits per heavy atom. The summed E-state index contributed by atoms with van der Waals surface area (Å²) in [4.78, 5) is 36.0. The molecule has 1 heterocycles. The van der Waals surface area contributed by atoms with Crippen LogP contribution < -0.4 is 4.90 Å². The van der Waals surface area contributed by atoms with Crippen LogP contribution in [0.1, 0.15) is 24.2 Å². The van der Waals surface area contributed by atoms with E-state index in [1.54, 1.807) is 12.1 Å². The zero-order valence-corrected chi connectivity index (χ0v) is 11.2. The summed E-state index contributed by atoms with van der Waals surface area (Å²) in [5.41, 5.74) is -0.510. The van der Waals surface area contributed by atoms with Crippen molar-refractivity contribution in [3.63, 3.8) is 0 Å². The molecule has 5 nitrogen and oxygen atoms in total. The van der Waals surface area contributed by atoms with E-state index in [0.29, 0.717) is 10.7 Å². The highest BCUT2D eigenvalue weighted by Gasteiger charge is 2.40. The zero-order valence-electron chi connectivity index (χ0n) is 10.4. The second-order valence-electron chi connectivity index (χ2n) is 5.07. The number of carboxylic acids is 1. The summed E-state index contributed by atoms with van der Waals surface area (Å²) in [6.07, 6.45) is 0. The topological polar surface area (TPSA) is 74.7 Å². The van der Waals surface area contributed by atoms with Crippen LogP contribution >= 0.6 is 11.6 Å². The van der Waals surface area contributed by atoms with Gasteiger partial charge < -0.3 is 10.0 Å². The van der Waals surface area contributed by atoms with Gasteiger partial charge in [0.25, 0.3) is 11.7 Å². The van der Waals surface area contributed by atoms with Crippen molar-refractivity contribution in [3.05, 3.63) is 28.8 Å². The quantitative estimate of drug-likeness (QED) is 0.860. The number of Topliss-reactive ketones (excluding diaryl/α,β-unsaturated/α-hetero) is 1. The van der Waals surface area contributed by atoms with Crippen LogP contribution in [-0.2, 0) is 9.59 Å². The van der Waals surface area contributed by atoms with Crippen LogP contribution in [0.25, 0.3) is 0 Å². The molecule has 100 valence electrons. The Balaban J connectivity index is 2.42. The molecule has 0 radical (unpaired) electrons. The molecule has 1 aromatic carbocycles. The van der Waals surface area contributed by atoms with E-state index in [2.05, 4.69) is 0 Å². The molecule has 1 N–H and O–H groups in total. The lowest BCUT2D eigenvalue weighted by Crippen LogP contribution is -2.41. The molecule has 0 fully saturated rings. The normalized spacial score (nSPS) is 14.8. The van der Waals surface area contributed by atoms with Gasteiger partial charge in [-0.15, -0.1) is 0 Å². The number of ketones is 1. The highest BCUT2D eigenvalue weighted by Crippen LogP contribution is 2.33. The number of rotatable bonds is 3. The zero-order chi connectivity index (χ0) is 14.4. The molecule has 0 bridgehead atoms. The lowest BCUT2D eigenvalue weighted by atomic mass is 9.93. The largest absolute Gasteiger partial charge is 0.481 e. The number of carbonyl (C=O) groups excluding carboxylic acids is 2. The molecule has 1 aliphatic rings. The van der Waals surface area contributed by atoms with E-state index in [9.17, 15) is 14.4 Å². The van der Waals surface area contributed by atoms with Gasteiger partial charge in [0.05, 0.1) is 16.7 Å². The molecule has 0 atom stereocenters. The average Bonchev–Trinajstić information content (AvgIpc) is 2.54. The van der Waals surface area contributed by atoms with Crippen LogP contribution in [0.4, 0.5) is 5.69 Å². The predicted octanol–water partition coefficient (Wildman–Crippen LogP) is 1.98. The minimum absolute atomic E-state index is 0.0679. The Labute approximate surface area is 114 Å². The number of fused-ring (bicyclic) bond motifs is 1. The number of nitrogens with zero attached hydrogens (tertiary/aromatic N) is 1. The average molecular weight is 282 g/mol. The summed E-state index contributed by atoms with van der Waals surface area (Å²) in [5, 5.41) is 9.46. The molecular weight excluding hydrogens is 270 g/mol. The van der Waals surface area contributed by atoms with Gasteiger partial charge in [0.1, 0.15) is 0 Å². The first kappa shape index (κ1) is 13.5. The molecule has 1 amide bonds. The van der Waals surface area contributed by atoms with E-state index in [4.69, 9.17) is 16.7 Å². The number of carbonyl (C=O) groups is 3. The van der Waals surface area contributed by atoms with Gasteiger partial charge in [0, 0.05) is 11.6 Å². The Morgan fingerprint density at radius 3 is 2.58 bits per heavy atom. The van der Waals surface area contributed by atoms with Gasteiger partial charge in [-0.3, -0.25) is 14.4 Å². The molecule has 1 aliphatic heterocycles. The molecular formula is C13H12ClNO4. The molecule has 0 unspecified atom stereocenters. The van der Waals surface area contributed by atoms with E-state index in [-0.39, 0.29) is 12.1 Å². The molecule has 0 spiro atoms. The number of amides is 1. The molecule has 0 aromatic heterocycles. The number of hydrogen-bond donors (Lipinski definition) is 1. The monoisotopic (exact) mass is 281 g/mol. The van der Waals surface area contributed by atoms with E-state index in [1.165, 1.54) is 24.8 Å². The van der Waals surface area contributed by atoms with E-state index < -0.39 is 23.1 Å². The first-order chi connectivity index (χ1) is 8.74. The van der Waals surface area contributed by atoms with Crippen molar-refractivity contribution < 1.29 is 19.5 Å². The molecule has 2 rings (SSSR count). The van der Waals surface area contributed by atoms with Gasteiger partial charge >= 0.3 is 5.97 Å². The van der Waals surface area contributed by atoms with Crippen molar-refractivity contribution in [2.75, 3.05) is 11.4 Å². The van der Waals surface area contributed by atoms with Crippen LogP contribution in [0.5, 0.6) is 0 Å². The van der Waals surface area contributed by atoms with Crippen molar-refractivity contribution in [2.45, 2.75) is 13.8 Å². The van der Waals surface area contributed by atoms with Gasteiger partial charge in [-0.2, -0.15) is 0 Å². The second-order valence-corrected chi connectivity index (χ2v) is 5.51. The molecule has 0 aliphatic carbocycles. The van der Waals surface area contributed by atoms with Crippen molar-refractivity contribution in [1.29, 1.82) is 0 Å². The Kier molecular flexibility index (Phi) is 3.10. The smallest absolute Gasteiger partial charge is 0.310 e. The maximum Gasteiger partial charge on any atom is 0.310 e. The number of halogens is 1. The fourth-order valence-electron chi connectivity index (χ4n) is 1.89. The van der Waals surface area contributed by atoms with E-state index >= 15 is 0 Å². The number of aliphatic carboxylic acids is 1. The summed E-state index contributed by atoms with van der Waals surface area (Å²) < 4.78 is 0. The van der Waals surface area contributed by atoms with Gasteiger partial charge in [-0.25, -0.2) is 0 Å². The van der Waals surface area contributed by atoms with Crippen LogP contribution in [-0.4, -0.2) is 29.3 Å². The molecule has 0 saturated carbocycles. The van der Waals surface area contributed by atoms with Crippen LogP contribution in [0.3, 0.4) is 0 Å². The summed E-state index contributed by atoms with van der Waals surface area (Å²) in [6.45, 7) is 2.93. The number of anilines is 1. The standard InChI is InChI=1S/C13H12ClNO4/c1-13(2,12(18)19)6-15-9-4-3-7(14)5-8(9)10(16)11(15)17/h3-5H,6H2,1-2H3,(H,18,19). The highest BCUT2D eigenvalue weighted by molar-refractivity contribution is 6.52. The predicted molar refractivity (Wildman–Crippen MR) is 69.6 cm³/mol. The Bertz CT molecular complexity index is 594. The molecule has 0 saturated heterocycles. The summed E-state index contributed by atoms with van der Waals surface area (Å²) in [6, 6.07) is 4.54. The number of benzene rings is 1. The Morgan fingerprint density at radius 1 is 1.37 bits per heavy atom. The van der Waals surface area contributed by atoms with Crippen LogP contribution in [0.2, 0.25) is 5.02 Å². The molecule has 1 aromatic rings. The minimum atomic E-state index is -1.14. The second kappa shape index (κ2) is 4.35. The van der Waals surface area contributed by atoms with E-state index in [1.807, 2.05) is 0 Å². The fraction of sp³-hybridized carbons (Fsp3) is 0.308. The van der Waals surface area contributed by atoms with Gasteiger partial charge in [0.2, 0.25) is 0 Å². The third-order valence-corrected chi connectivity index (χ3v) is 3.30. The van der Waals surface area contributed by atoms with Crippen LogP contribution in [0.15, 0.2) is 18.2 Å². The lowest BCUT2D eigenvalue weighted by molar-refractivity contribution is -0.146. The first-order valence-electron chi connectivity index (χ1n) is 5.63. The van der Waals surface area contributed by atoms with Crippen molar-refractivity contribution in [2.24, 2.45) is 5.41 Å². The number of hydrogen-bond acceptors (Lipinski definition) is 3. The SMILES string of the molecule is CC(C)(CN1C(=O)C(=O)c2cc(Cl)ccc21)C(=O)O. The van der Waals surface area contributed by atoms with E-state index in [0.717, 1.165) is 0 Å².